The lowest BCUT2D eigenvalue weighted by Crippen LogP contribution is -2.27. The van der Waals surface area contributed by atoms with E-state index in [1.165, 1.54) is 31.2 Å². The Morgan fingerprint density at radius 1 is 1.42 bits per heavy atom. The standard InChI is InChI=1S/C17H16ClFN6O/c18-12-7-10(3-4-13(12)19)25(26)16(20)11-5-6-21-17-15(11)23-14(24-17)8-22-9-1-2-9/h3-7,9,20,22,26H,1-2,8H2,(H,21,23,24). The predicted octanol–water partition coefficient (Wildman–Crippen LogP) is 3.22. The molecule has 134 valence electrons. The van der Waals surface area contributed by atoms with Crippen molar-refractivity contribution in [2.75, 3.05) is 5.06 Å². The Morgan fingerprint density at radius 2 is 2.23 bits per heavy atom. The molecule has 2 heterocycles. The number of aromatic nitrogens is 3. The predicted molar refractivity (Wildman–Crippen MR) is 96.3 cm³/mol. The van der Waals surface area contributed by atoms with E-state index < -0.39 is 5.82 Å². The molecule has 26 heavy (non-hydrogen) atoms. The first-order chi connectivity index (χ1) is 12.5. The number of anilines is 1. The molecule has 0 aliphatic heterocycles. The molecular formula is C17H16ClFN6O. The first kappa shape index (κ1) is 16.9. The number of amidine groups is 1. The van der Waals surface area contributed by atoms with Crippen molar-refractivity contribution < 1.29 is 9.60 Å². The van der Waals surface area contributed by atoms with Gasteiger partial charge in [0, 0.05) is 17.8 Å². The van der Waals surface area contributed by atoms with E-state index in [0.717, 1.165) is 6.07 Å². The molecule has 0 unspecified atom stereocenters. The second-order valence-corrected chi connectivity index (χ2v) is 6.56. The summed E-state index contributed by atoms with van der Waals surface area (Å²) >= 11 is 5.76. The van der Waals surface area contributed by atoms with Crippen molar-refractivity contribution in [2.45, 2.75) is 25.4 Å². The number of rotatable bonds is 5. The van der Waals surface area contributed by atoms with Gasteiger partial charge in [0.2, 0.25) is 0 Å². The number of hydrogen-bond acceptors (Lipinski definition) is 5. The van der Waals surface area contributed by atoms with Gasteiger partial charge in [-0.15, -0.1) is 0 Å². The Labute approximate surface area is 153 Å². The number of pyridine rings is 1. The van der Waals surface area contributed by atoms with Gasteiger partial charge in [-0.1, -0.05) is 11.6 Å². The van der Waals surface area contributed by atoms with E-state index >= 15 is 0 Å². The van der Waals surface area contributed by atoms with Crippen LogP contribution in [-0.4, -0.2) is 32.0 Å². The summed E-state index contributed by atoms with van der Waals surface area (Å²) in [5, 5.41) is 22.6. The topological polar surface area (TPSA) is 101 Å². The molecule has 1 aliphatic rings. The van der Waals surface area contributed by atoms with Crippen LogP contribution in [0.5, 0.6) is 0 Å². The fourth-order valence-corrected chi connectivity index (χ4v) is 2.80. The largest absolute Gasteiger partial charge is 0.339 e. The van der Waals surface area contributed by atoms with Crippen molar-refractivity contribution >= 4 is 34.3 Å². The molecule has 7 nitrogen and oxygen atoms in total. The number of H-pyrrole nitrogens is 1. The van der Waals surface area contributed by atoms with Crippen molar-refractivity contribution in [3.05, 3.63) is 52.7 Å². The van der Waals surface area contributed by atoms with E-state index in [0.29, 0.717) is 40.2 Å². The quantitative estimate of drug-likeness (QED) is 0.312. The molecule has 0 amide bonds. The molecule has 4 rings (SSSR count). The van der Waals surface area contributed by atoms with Crippen molar-refractivity contribution in [2.24, 2.45) is 0 Å². The summed E-state index contributed by atoms with van der Waals surface area (Å²) in [6.07, 6.45) is 3.87. The van der Waals surface area contributed by atoms with Crippen LogP contribution in [0, 0.1) is 11.2 Å². The Hall–Kier alpha value is -2.55. The lowest BCUT2D eigenvalue weighted by atomic mass is 10.2. The highest BCUT2D eigenvalue weighted by molar-refractivity contribution is 6.31. The summed E-state index contributed by atoms with van der Waals surface area (Å²) in [6, 6.07) is 5.88. The molecule has 2 aromatic heterocycles. The molecule has 1 saturated carbocycles. The Bertz CT molecular complexity index is 987. The summed E-state index contributed by atoms with van der Waals surface area (Å²) in [5.41, 5.74) is 1.62. The highest BCUT2D eigenvalue weighted by Crippen LogP contribution is 2.24. The molecule has 0 spiro atoms. The highest BCUT2D eigenvalue weighted by Gasteiger charge is 2.22. The number of hydroxylamine groups is 1. The van der Waals surface area contributed by atoms with Gasteiger partial charge < -0.3 is 10.3 Å². The molecule has 1 aromatic carbocycles. The van der Waals surface area contributed by atoms with Gasteiger partial charge in [0.25, 0.3) is 0 Å². The first-order valence-corrected chi connectivity index (χ1v) is 8.50. The highest BCUT2D eigenvalue weighted by atomic mass is 35.5. The van der Waals surface area contributed by atoms with E-state index in [1.54, 1.807) is 6.07 Å². The van der Waals surface area contributed by atoms with Crippen LogP contribution in [0.1, 0.15) is 24.2 Å². The van der Waals surface area contributed by atoms with E-state index in [1.807, 2.05) is 0 Å². The molecule has 4 N–H and O–H groups in total. The minimum Gasteiger partial charge on any atom is -0.339 e. The van der Waals surface area contributed by atoms with Gasteiger partial charge in [0.15, 0.2) is 11.5 Å². The van der Waals surface area contributed by atoms with Crippen molar-refractivity contribution in [1.29, 1.82) is 5.41 Å². The summed E-state index contributed by atoms with van der Waals surface area (Å²) in [4.78, 5) is 11.8. The van der Waals surface area contributed by atoms with Gasteiger partial charge in [-0.05, 0) is 37.1 Å². The van der Waals surface area contributed by atoms with E-state index in [9.17, 15) is 9.60 Å². The van der Waals surface area contributed by atoms with Crippen LogP contribution in [-0.2, 0) is 6.54 Å². The van der Waals surface area contributed by atoms with E-state index in [-0.39, 0.29) is 16.5 Å². The van der Waals surface area contributed by atoms with Gasteiger partial charge >= 0.3 is 0 Å². The Morgan fingerprint density at radius 3 is 2.96 bits per heavy atom. The third kappa shape index (κ3) is 3.26. The monoisotopic (exact) mass is 374 g/mol. The van der Waals surface area contributed by atoms with Crippen LogP contribution >= 0.6 is 11.6 Å². The summed E-state index contributed by atoms with van der Waals surface area (Å²) < 4.78 is 13.3. The number of nitrogens with one attached hydrogen (secondary N) is 3. The third-order valence-corrected chi connectivity index (χ3v) is 4.48. The summed E-state index contributed by atoms with van der Waals surface area (Å²) in [6.45, 7) is 0.588. The van der Waals surface area contributed by atoms with Gasteiger partial charge in [-0.2, -0.15) is 0 Å². The maximum Gasteiger partial charge on any atom is 0.178 e. The Kier molecular flexibility index (Phi) is 4.31. The molecular weight excluding hydrogens is 359 g/mol. The van der Waals surface area contributed by atoms with Crippen molar-refractivity contribution in [3.8, 4) is 0 Å². The molecule has 1 fully saturated rings. The average Bonchev–Trinajstić information content (AvgIpc) is 3.38. The first-order valence-electron chi connectivity index (χ1n) is 8.13. The molecule has 0 atom stereocenters. The minimum absolute atomic E-state index is 0.135. The number of fused-ring (bicyclic) bond motifs is 1. The van der Waals surface area contributed by atoms with Gasteiger partial charge in [-0.3, -0.25) is 10.6 Å². The lowest BCUT2D eigenvalue weighted by molar-refractivity contribution is 0.312. The van der Waals surface area contributed by atoms with Gasteiger partial charge in [0.1, 0.15) is 11.6 Å². The average molecular weight is 375 g/mol. The fraction of sp³-hybridized carbons (Fsp3) is 0.235. The maximum absolute atomic E-state index is 13.3. The minimum atomic E-state index is -0.594. The number of aromatic amines is 1. The van der Waals surface area contributed by atoms with E-state index in [4.69, 9.17) is 17.0 Å². The molecule has 0 saturated heterocycles. The number of nitrogens with zero attached hydrogens (tertiary/aromatic N) is 3. The van der Waals surface area contributed by atoms with Crippen LogP contribution in [0.4, 0.5) is 10.1 Å². The number of hydrogen-bond donors (Lipinski definition) is 4. The molecule has 0 radical (unpaired) electrons. The van der Waals surface area contributed by atoms with Crippen LogP contribution < -0.4 is 10.4 Å². The molecule has 0 bridgehead atoms. The van der Waals surface area contributed by atoms with E-state index in [2.05, 4.69) is 20.3 Å². The molecule has 1 aliphatic carbocycles. The zero-order valence-electron chi connectivity index (χ0n) is 13.6. The zero-order valence-corrected chi connectivity index (χ0v) is 14.4. The summed E-state index contributed by atoms with van der Waals surface area (Å²) in [5.74, 6) is -0.0811. The van der Waals surface area contributed by atoms with Crippen molar-refractivity contribution in [3.63, 3.8) is 0 Å². The molecule has 9 heteroatoms. The zero-order chi connectivity index (χ0) is 18.3. The second-order valence-electron chi connectivity index (χ2n) is 6.15. The second kappa shape index (κ2) is 6.64. The van der Waals surface area contributed by atoms with Crippen LogP contribution in [0.25, 0.3) is 11.2 Å². The number of halogens is 2. The number of imidazole rings is 1. The fourth-order valence-electron chi connectivity index (χ4n) is 2.63. The maximum atomic E-state index is 13.3. The van der Waals surface area contributed by atoms with Crippen LogP contribution in [0.3, 0.4) is 0 Å². The van der Waals surface area contributed by atoms with Gasteiger partial charge in [-0.25, -0.2) is 19.4 Å². The third-order valence-electron chi connectivity index (χ3n) is 4.19. The smallest absolute Gasteiger partial charge is 0.178 e. The lowest BCUT2D eigenvalue weighted by Gasteiger charge is -2.18. The summed E-state index contributed by atoms with van der Waals surface area (Å²) in [7, 11) is 0. The normalized spacial score (nSPS) is 14.0. The van der Waals surface area contributed by atoms with Gasteiger partial charge in [0.05, 0.1) is 22.8 Å². The number of benzene rings is 1. The van der Waals surface area contributed by atoms with Crippen LogP contribution in [0.15, 0.2) is 30.5 Å². The molecule has 3 aromatic rings. The SMILES string of the molecule is N=C(c1ccnc2nc(CNC3CC3)[nH]c12)N(O)c1ccc(F)c(Cl)c1. The Balaban J connectivity index is 1.63. The van der Waals surface area contributed by atoms with Crippen LogP contribution in [0.2, 0.25) is 5.02 Å². The van der Waals surface area contributed by atoms with Crippen molar-refractivity contribution in [1.82, 2.24) is 20.3 Å².